The van der Waals surface area contributed by atoms with Crippen LogP contribution in [-0.4, -0.2) is 75.1 Å². The zero-order chi connectivity index (χ0) is 27.9. The molecule has 0 aliphatic carbocycles. The predicted octanol–water partition coefficient (Wildman–Crippen LogP) is 1.26. The third-order valence-corrected chi connectivity index (χ3v) is 7.35. The van der Waals surface area contributed by atoms with E-state index >= 15 is 0 Å². The zero-order valence-electron chi connectivity index (χ0n) is 21.4. The van der Waals surface area contributed by atoms with Crippen LogP contribution in [0.1, 0.15) is 24.0 Å². The molecule has 11 heteroatoms. The van der Waals surface area contributed by atoms with Crippen LogP contribution >= 0.6 is 12.6 Å². The summed E-state index contributed by atoms with van der Waals surface area (Å²) in [6.45, 7) is 0.291. The number of aliphatic carboxylic acids is 1. The van der Waals surface area contributed by atoms with Gasteiger partial charge in [0.2, 0.25) is 17.7 Å². The van der Waals surface area contributed by atoms with Crippen LogP contribution in [0, 0.1) is 0 Å². The number of carboxylic acids is 1. The van der Waals surface area contributed by atoms with Gasteiger partial charge in [-0.1, -0.05) is 48.5 Å². The maximum Gasteiger partial charge on any atom is 0.326 e. The van der Waals surface area contributed by atoms with E-state index in [9.17, 15) is 24.3 Å². The van der Waals surface area contributed by atoms with E-state index in [2.05, 4.69) is 28.2 Å². The Hall–Kier alpha value is -3.83. The summed E-state index contributed by atoms with van der Waals surface area (Å²) < 4.78 is 0. The van der Waals surface area contributed by atoms with Crippen molar-refractivity contribution in [3.05, 3.63) is 71.9 Å². The summed E-state index contributed by atoms with van der Waals surface area (Å²) in [5.74, 6) is -2.71. The van der Waals surface area contributed by atoms with Crippen molar-refractivity contribution in [1.82, 2.24) is 20.5 Å². The van der Waals surface area contributed by atoms with E-state index in [1.165, 1.54) is 4.90 Å². The summed E-state index contributed by atoms with van der Waals surface area (Å²) in [7, 11) is 0. The standard InChI is InChI=1S/C28H33N5O5S/c29-20(13-17-7-2-1-3-8-17)25(34)31-22(14-18-15-30-21-10-5-4-9-19(18)21)26(35)32-23(16-39)27(36)33-12-6-11-24(33)28(37)38/h1-5,7-10,15,20,22-24,30,39H,6,11-14,16,29H2,(H,31,34)(H,32,35)(H,37,38). The van der Waals surface area contributed by atoms with Crippen LogP contribution in [0.2, 0.25) is 0 Å². The maximum absolute atomic E-state index is 13.5. The number of para-hydroxylation sites is 1. The minimum atomic E-state index is -1.08. The molecular formula is C28H33N5O5S. The lowest BCUT2D eigenvalue weighted by molar-refractivity contribution is -0.149. The second kappa shape index (κ2) is 12.8. The number of hydrogen-bond acceptors (Lipinski definition) is 6. The zero-order valence-corrected chi connectivity index (χ0v) is 22.3. The first-order valence-electron chi connectivity index (χ1n) is 12.9. The topological polar surface area (TPSA) is 158 Å². The van der Waals surface area contributed by atoms with Gasteiger partial charge in [0.05, 0.1) is 6.04 Å². The van der Waals surface area contributed by atoms with Gasteiger partial charge in [0.15, 0.2) is 0 Å². The largest absolute Gasteiger partial charge is 0.480 e. The molecule has 6 N–H and O–H groups in total. The van der Waals surface area contributed by atoms with Gasteiger partial charge in [-0.2, -0.15) is 12.6 Å². The number of hydrogen-bond donors (Lipinski definition) is 6. The van der Waals surface area contributed by atoms with E-state index in [1.54, 1.807) is 6.20 Å². The van der Waals surface area contributed by atoms with E-state index in [1.807, 2.05) is 54.6 Å². The summed E-state index contributed by atoms with van der Waals surface area (Å²) in [4.78, 5) is 55.8. The third kappa shape index (κ3) is 6.79. The Morgan fingerprint density at radius 2 is 1.69 bits per heavy atom. The minimum absolute atomic E-state index is 0.0331. The molecule has 206 valence electrons. The molecule has 1 aliphatic rings. The SMILES string of the molecule is NC(Cc1ccccc1)C(=O)NC(Cc1c[nH]c2ccccc12)C(=O)NC(CS)C(=O)N1CCCC1C(=O)O. The fourth-order valence-electron chi connectivity index (χ4n) is 4.91. The first-order chi connectivity index (χ1) is 18.8. The molecule has 0 bridgehead atoms. The van der Waals surface area contributed by atoms with E-state index < -0.39 is 47.9 Å². The van der Waals surface area contributed by atoms with Crippen LogP contribution in [0.5, 0.6) is 0 Å². The second-order valence-corrected chi connectivity index (χ2v) is 10.1. The number of nitrogens with zero attached hydrogens (tertiary/aromatic N) is 1. The van der Waals surface area contributed by atoms with Gasteiger partial charge in [-0.3, -0.25) is 14.4 Å². The number of thiol groups is 1. The van der Waals surface area contributed by atoms with Gasteiger partial charge in [-0.05, 0) is 36.5 Å². The van der Waals surface area contributed by atoms with Gasteiger partial charge >= 0.3 is 5.97 Å². The quantitative estimate of drug-likeness (QED) is 0.197. The number of aromatic amines is 1. The van der Waals surface area contributed by atoms with Crippen molar-refractivity contribution >= 4 is 47.2 Å². The number of aromatic nitrogens is 1. The average Bonchev–Trinajstić information content (AvgIpc) is 3.59. The Bertz CT molecular complexity index is 1330. The number of amides is 3. The Morgan fingerprint density at radius 3 is 2.41 bits per heavy atom. The van der Waals surface area contributed by atoms with Gasteiger partial charge in [-0.25, -0.2) is 4.79 Å². The van der Waals surface area contributed by atoms with E-state index in [0.717, 1.165) is 22.0 Å². The highest BCUT2D eigenvalue weighted by atomic mass is 32.1. The lowest BCUT2D eigenvalue weighted by Crippen LogP contribution is -2.58. The summed E-state index contributed by atoms with van der Waals surface area (Å²) in [5, 5.41) is 15.8. The molecule has 4 rings (SSSR count). The lowest BCUT2D eigenvalue weighted by atomic mass is 10.0. The minimum Gasteiger partial charge on any atom is -0.480 e. The second-order valence-electron chi connectivity index (χ2n) is 9.69. The van der Waals surface area contributed by atoms with Crippen LogP contribution in [0.4, 0.5) is 0 Å². The van der Waals surface area contributed by atoms with Crippen molar-refractivity contribution in [3.8, 4) is 0 Å². The number of fused-ring (bicyclic) bond motifs is 1. The summed E-state index contributed by atoms with van der Waals surface area (Å²) in [6, 6.07) is 13.0. The molecule has 1 aromatic heterocycles. The van der Waals surface area contributed by atoms with Crippen LogP contribution < -0.4 is 16.4 Å². The van der Waals surface area contributed by atoms with Crippen LogP contribution in [-0.2, 0) is 32.0 Å². The molecule has 1 fully saturated rings. The van der Waals surface area contributed by atoms with Gasteiger partial charge in [0.25, 0.3) is 0 Å². The molecule has 3 aromatic rings. The van der Waals surface area contributed by atoms with Crippen LogP contribution in [0.3, 0.4) is 0 Å². The van der Waals surface area contributed by atoms with Crippen molar-refractivity contribution in [2.75, 3.05) is 12.3 Å². The van der Waals surface area contributed by atoms with Crippen molar-refractivity contribution in [3.63, 3.8) is 0 Å². The monoisotopic (exact) mass is 551 g/mol. The smallest absolute Gasteiger partial charge is 0.326 e. The first-order valence-corrected chi connectivity index (χ1v) is 13.5. The Labute approximate surface area is 231 Å². The molecule has 4 unspecified atom stereocenters. The van der Waals surface area contributed by atoms with Crippen molar-refractivity contribution in [2.24, 2.45) is 5.73 Å². The predicted molar refractivity (Wildman–Crippen MR) is 150 cm³/mol. The van der Waals surface area contributed by atoms with E-state index in [4.69, 9.17) is 5.73 Å². The van der Waals surface area contributed by atoms with Crippen LogP contribution in [0.25, 0.3) is 10.9 Å². The molecule has 0 saturated carbocycles. The molecule has 39 heavy (non-hydrogen) atoms. The molecule has 3 amide bonds. The Kier molecular flexibility index (Phi) is 9.26. The fraction of sp³-hybridized carbons (Fsp3) is 0.357. The number of nitrogens with one attached hydrogen (secondary N) is 3. The first kappa shape index (κ1) is 28.2. The number of carbonyl (C=O) groups excluding carboxylic acids is 3. The van der Waals surface area contributed by atoms with Crippen LogP contribution in [0.15, 0.2) is 60.8 Å². The molecule has 0 radical (unpaired) electrons. The van der Waals surface area contributed by atoms with Crippen molar-refractivity contribution < 1.29 is 24.3 Å². The fourth-order valence-corrected chi connectivity index (χ4v) is 5.16. The summed E-state index contributed by atoms with van der Waals surface area (Å²) in [5.41, 5.74) is 8.76. The van der Waals surface area contributed by atoms with Gasteiger partial charge < -0.3 is 31.4 Å². The normalized spacial score (nSPS) is 17.4. The molecule has 2 heterocycles. The molecule has 2 aromatic carbocycles. The Balaban J connectivity index is 1.52. The highest BCUT2D eigenvalue weighted by Gasteiger charge is 2.38. The number of nitrogens with two attached hydrogens (primary N) is 1. The molecule has 4 atom stereocenters. The number of rotatable bonds is 11. The molecule has 0 spiro atoms. The summed E-state index contributed by atoms with van der Waals surface area (Å²) >= 11 is 4.25. The van der Waals surface area contributed by atoms with Gasteiger partial charge in [0, 0.05) is 35.8 Å². The van der Waals surface area contributed by atoms with Crippen molar-refractivity contribution in [1.29, 1.82) is 0 Å². The number of carbonyl (C=O) groups is 4. The van der Waals surface area contributed by atoms with Gasteiger partial charge in [0.1, 0.15) is 18.1 Å². The van der Waals surface area contributed by atoms with E-state index in [-0.39, 0.29) is 18.6 Å². The third-order valence-electron chi connectivity index (χ3n) is 6.99. The maximum atomic E-state index is 13.5. The molecule has 10 nitrogen and oxygen atoms in total. The molecular weight excluding hydrogens is 518 g/mol. The van der Waals surface area contributed by atoms with E-state index in [0.29, 0.717) is 19.4 Å². The molecule has 1 saturated heterocycles. The highest BCUT2D eigenvalue weighted by molar-refractivity contribution is 7.80. The molecule has 1 aliphatic heterocycles. The number of carboxylic acid groups (broad SMARTS) is 1. The van der Waals surface area contributed by atoms with Gasteiger partial charge in [-0.15, -0.1) is 0 Å². The highest BCUT2D eigenvalue weighted by Crippen LogP contribution is 2.21. The van der Waals surface area contributed by atoms with Crippen molar-refractivity contribution in [2.45, 2.75) is 49.9 Å². The lowest BCUT2D eigenvalue weighted by Gasteiger charge is -2.28. The Morgan fingerprint density at radius 1 is 1.00 bits per heavy atom. The number of H-pyrrole nitrogens is 1. The average molecular weight is 552 g/mol. The number of benzene rings is 2. The summed E-state index contributed by atoms with van der Waals surface area (Å²) in [6.07, 6.45) is 3.14. The number of likely N-dealkylation sites (tertiary alicyclic amines) is 1.